The number of nitrogens with one attached hydrogen (secondary N) is 1. The van der Waals surface area contributed by atoms with E-state index in [9.17, 15) is 18.0 Å². The van der Waals surface area contributed by atoms with Crippen LogP contribution in [0, 0.1) is 5.82 Å². The van der Waals surface area contributed by atoms with Gasteiger partial charge < -0.3 is 5.32 Å². The molecule has 1 amide bonds. The van der Waals surface area contributed by atoms with E-state index in [1.165, 1.54) is 30.5 Å². The average molecular weight is 391 g/mol. The molecule has 0 unspecified atom stereocenters. The molecule has 0 spiro atoms. The molecular weight excluding hydrogens is 381 g/mol. The van der Waals surface area contributed by atoms with Gasteiger partial charge in [0.05, 0.1) is 5.56 Å². The minimum absolute atomic E-state index is 0.0307. The Morgan fingerprint density at radius 3 is 2.86 bits per heavy atom. The Kier molecular flexibility index (Phi) is 5.84. The standard InChI is InChI=1S/C14H10BrF3N2OS/c15-9-3-4-11(16)8(6-9)7-20-12(21)10-2-1-5-19-13(10)22-14(17)18/h1-6,14H,7H2,(H,20,21). The molecule has 1 aromatic heterocycles. The van der Waals surface area contributed by atoms with Crippen LogP contribution in [0.4, 0.5) is 13.2 Å². The topological polar surface area (TPSA) is 42.0 Å². The number of aromatic nitrogens is 1. The molecule has 0 saturated heterocycles. The normalized spacial score (nSPS) is 10.8. The number of pyridine rings is 1. The number of thioether (sulfide) groups is 1. The number of halogens is 4. The van der Waals surface area contributed by atoms with Crippen LogP contribution in [0.3, 0.4) is 0 Å². The molecule has 0 saturated carbocycles. The minimum atomic E-state index is -2.68. The largest absolute Gasteiger partial charge is 0.348 e. The van der Waals surface area contributed by atoms with Crippen LogP contribution >= 0.6 is 27.7 Å². The van der Waals surface area contributed by atoms with E-state index in [-0.39, 0.29) is 34.5 Å². The second-order valence-corrected chi connectivity index (χ2v) is 6.05. The summed E-state index contributed by atoms with van der Waals surface area (Å²) < 4.78 is 39.2. The molecule has 1 N–H and O–H groups in total. The summed E-state index contributed by atoms with van der Waals surface area (Å²) in [5.74, 6) is -3.73. The summed E-state index contributed by atoms with van der Waals surface area (Å²) in [7, 11) is 0. The lowest BCUT2D eigenvalue weighted by molar-refractivity contribution is 0.0947. The first kappa shape index (κ1) is 16.8. The van der Waals surface area contributed by atoms with E-state index in [1.807, 2.05) is 0 Å². The van der Waals surface area contributed by atoms with Gasteiger partial charge in [0.25, 0.3) is 11.7 Å². The second kappa shape index (κ2) is 7.64. The lowest BCUT2D eigenvalue weighted by Gasteiger charge is -2.09. The van der Waals surface area contributed by atoms with Crippen LogP contribution in [0.5, 0.6) is 0 Å². The van der Waals surface area contributed by atoms with Gasteiger partial charge >= 0.3 is 0 Å². The molecule has 22 heavy (non-hydrogen) atoms. The molecule has 0 atom stereocenters. The van der Waals surface area contributed by atoms with E-state index in [0.29, 0.717) is 4.47 Å². The van der Waals surface area contributed by atoms with Crippen LogP contribution < -0.4 is 5.32 Å². The first-order valence-electron chi connectivity index (χ1n) is 6.09. The molecular formula is C14H10BrF3N2OS. The quantitative estimate of drug-likeness (QED) is 0.776. The van der Waals surface area contributed by atoms with Crippen LogP contribution in [0.2, 0.25) is 0 Å². The van der Waals surface area contributed by atoms with Crippen molar-refractivity contribution < 1.29 is 18.0 Å². The van der Waals surface area contributed by atoms with Crippen molar-refractivity contribution in [1.82, 2.24) is 10.3 Å². The molecule has 0 aliphatic carbocycles. The van der Waals surface area contributed by atoms with Crippen LogP contribution in [0.25, 0.3) is 0 Å². The maximum atomic E-state index is 13.6. The molecule has 8 heteroatoms. The summed E-state index contributed by atoms with van der Waals surface area (Å²) in [6, 6.07) is 7.22. The Morgan fingerprint density at radius 1 is 1.36 bits per heavy atom. The Labute approximate surface area is 137 Å². The van der Waals surface area contributed by atoms with Gasteiger partial charge in [-0.15, -0.1) is 0 Å². The van der Waals surface area contributed by atoms with Gasteiger partial charge in [-0.1, -0.05) is 15.9 Å². The van der Waals surface area contributed by atoms with E-state index in [2.05, 4.69) is 26.2 Å². The summed E-state index contributed by atoms with van der Waals surface area (Å²) in [6.45, 7) is -0.0578. The van der Waals surface area contributed by atoms with Crippen molar-refractivity contribution in [3.05, 3.63) is 57.9 Å². The summed E-state index contributed by atoms with van der Waals surface area (Å²) >= 11 is 3.40. The maximum absolute atomic E-state index is 13.6. The van der Waals surface area contributed by atoms with E-state index >= 15 is 0 Å². The summed E-state index contributed by atoms with van der Waals surface area (Å²) in [5, 5.41) is 2.43. The minimum Gasteiger partial charge on any atom is -0.348 e. The summed E-state index contributed by atoms with van der Waals surface area (Å²) in [5.41, 5.74) is 0.317. The number of amides is 1. The fourth-order valence-electron chi connectivity index (χ4n) is 1.69. The number of hydrogen-bond donors (Lipinski definition) is 1. The predicted molar refractivity (Wildman–Crippen MR) is 81.4 cm³/mol. The highest BCUT2D eigenvalue weighted by Gasteiger charge is 2.16. The third-order valence-corrected chi connectivity index (χ3v) is 3.88. The van der Waals surface area contributed by atoms with Crippen molar-refractivity contribution in [2.24, 2.45) is 0 Å². The smallest absolute Gasteiger partial charge is 0.290 e. The van der Waals surface area contributed by atoms with Crippen molar-refractivity contribution in [1.29, 1.82) is 0 Å². The monoisotopic (exact) mass is 390 g/mol. The van der Waals surface area contributed by atoms with Gasteiger partial charge in [-0.25, -0.2) is 9.37 Å². The lowest BCUT2D eigenvalue weighted by Crippen LogP contribution is -2.24. The molecule has 0 fully saturated rings. The molecule has 0 bridgehead atoms. The zero-order valence-electron chi connectivity index (χ0n) is 11.0. The van der Waals surface area contributed by atoms with Crippen LogP contribution in [0.1, 0.15) is 15.9 Å². The van der Waals surface area contributed by atoms with Gasteiger partial charge in [0.2, 0.25) is 0 Å². The zero-order valence-corrected chi connectivity index (χ0v) is 13.4. The molecule has 0 radical (unpaired) electrons. The predicted octanol–water partition coefficient (Wildman–Crippen LogP) is 4.23. The Bertz CT molecular complexity index is 685. The number of hydrogen-bond acceptors (Lipinski definition) is 3. The van der Waals surface area contributed by atoms with E-state index < -0.39 is 17.5 Å². The Balaban J connectivity index is 2.11. The second-order valence-electron chi connectivity index (χ2n) is 4.15. The van der Waals surface area contributed by atoms with Crippen molar-refractivity contribution in [3.63, 3.8) is 0 Å². The van der Waals surface area contributed by atoms with E-state index in [1.54, 1.807) is 6.07 Å². The van der Waals surface area contributed by atoms with Gasteiger partial charge in [0, 0.05) is 22.8 Å². The highest BCUT2D eigenvalue weighted by Crippen LogP contribution is 2.26. The molecule has 0 aliphatic heterocycles. The van der Waals surface area contributed by atoms with Crippen LogP contribution in [-0.4, -0.2) is 16.6 Å². The molecule has 2 aromatic rings. The highest BCUT2D eigenvalue weighted by atomic mass is 79.9. The average Bonchev–Trinajstić information content (AvgIpc) is 2.48. The number of carbonyl (C=O) groups is 1. The Morgan fingerprint density at radius 2 is 2.14 bits per heavy atom. The SMILES string of the molecule is O=C(NCc1cc(Br)ccc1F)c1cccnc1SC(F)F. The molecule has 1 aromatic carbocycles. The first-order chi connectivity index (χ1) is 10.5. The highest BCUT2D eigenvalue weighted by molar-refractivity contribution is 9.10. The molecule has 2 rings (SSSR count). The fraction of sp³-hybridized carbons (Fsp3) is 0.143. The van der Waals surface area contributed by atoms with Crippen LogP contribution in [0.15, 0.2) is 46.0 Å². The van der Waals surface area contributed by atoms with Gasteiger partial charge in [0.15, 0.2) is 0 Å². The van der Waals surface area contributed by atoms with Crippen LogP contribution in [-0.2, 0) is 6.54 Å². The van der Waals surface area contributed by atoms with Gasteiger partial charge in [-0.3, -0.25) is 4.79 Å². The summed E-state index contributed by atoms with van der Waals surface area (Å²) in [6.07, 6.45) is 1.33. The molecule has 1 heterocycles. The maximum Gasteiger partial charge on any atom is 0.290 e. The van der Waals surface area contributed by atoms with Crippen molar-refractivity contribution in [2.75, 3.05) is 0 Å². The molecule has 0 aliphatic rings. The zero-order chi connectivity index (χ0) is 16.1. The number of alkyl halides is 2. The van der Waals surface area contributed by atoms with Gasteiger partial charge in [-0.2, -0.15) is 8.78 Å². The van der Waals surface area contributed by atoms with Gasteiger partial charge in [-0.05, 0) is 42.1 Å². The van der Waals surface area contributed by atoms with Crippen molar-refractivity contribution >= 4 is 33.6 Å². The number of nitrogens with zero attached hydrogens (tertiary/aromatic N) is 1. The number of carbonyl (C=O) groups excluding carboxylic acids is 1. The van der Waals surface area contributed by atoms with Crippen molar-refractivity contribution in [3.8, 4) is 0 Å². The first-order valence-corrected chi connectivity index (χ1v) is 7.76. The van der Waals surface area contributed by atoms with Gasteiger partial charge in [0.1, 0.15) is 10.8 Å². The number of benzene rings is 1. The lowest BCUT2D eigenvalue weighted by atomic mass is 10.2. The number of rotatable bonds is 5. The molecule has 3 nitrogen and oxygen atoms in total. The van der Waals surface area contributed by atoms with Crippen molar-refractivity contribution in [2.45, 2.75) is 17.3 Å². The third-order valence-electron chi connectivity index (χ3n) is 2.66. The Hall–Kier alpha value is -1.54. The molecule has 116 valence electrons. The summed E-state index contributed by atoms with van der Waals surface area (Å²) in [4.78, 5) is 15.8. The fourth-order valence-corrected chi connectivity index (χ4v) is 2.68. The third kappa shape index (κ3) is 4.48. The van der Waals surface area contributed by atoms with E-state index in [4.69, 9.17) is 0 Å². The van der Waals surface area contributed by atoms with E-state index in [0.717, 1.165) is 0 Å².